The van der Waals surface area contributed by atoms with Crippen molar-refractivity contribution in [3.05, 3.63) is 24.0 Å². The molecule has 1 aliphatic carbocycles. The molecule has 116 valence electrons. The second-order valence-corrected chi connectivity index (χ2v) is 6.63. The number of nitrogens with two attached hydrogens (primary N) is 1. The van der Waals surface area contributed by atoms with E-state index >= 15 is 0 Å². The number of rotatable bonds is 6. The summed E-state index contributed by atoms with van der Waals surface area (Å²) in [5, 5.41) is 0. The molecular weight excluding hydrogens is 299 g/mol. The van der Waals surface area contributed by atoms with E-state index in [4.69, 9.17) is 10.5 Å². The van der Waals surface area contributed by atoms with Crippen molar-refractivity contribution in [2.45, 2.75) is 30.7 Å². The van der Waals surface area contributed by atoms with E-state index in [0.717, 1.165) is 22.5 Å². The molecule has 0 saturated heterocycles. The Morgan fingerprint density at radius 2 is 2.14 bits per heavy atom. The molecule has 0 bridgehead atoms. The summed E-state index contributed by atoms with van der Waals surface area (Å²) in [6.07, 6.45) is 1.36. The molecule has 0 atom stereocenters. The van der Waals surface area contributed by atoms with Crippen LogP contribution in [-0.2, 0) is 19.6 Å². The zero-order valence-corrected chi connectivity index (χ0v) is 12.4. The van der Waals surface area contributed by atoms with Gasteiger partial charge in [0, 0.05) is 6.04 Å². The summed E-state index contributed by atoms with van der Waals surface area (Å²) in [6.45, 7) is 1.46. The highest BCUT2D eigenvalue weighted by Gasteiger charge is 2.40. The van der Waals surface area contributed by atoms with Crippen molar-refractivity contribution < 1.29 is 22.3 Å². The zero-order valence-electron chi connectivity index (χ0n) is 11.6. The van der Waals surface area contributed by atoms with Crippen molar-refractivity contribution in [1.29, 1.82) is 0 Å². The summed E-state index contributed by atoms with van der Waals surface area (Å²) in [5.74, 6) is -1.23. The van der Waals surface area contributed by atoms with E-state index in [1.165, 1.54) is 0 Å². The van der Waals surface area contributed by atoms with Gasteiger partial charge < -0.3 is 10.5 Å². The molecular formula is C13H17FN2O4S. The smallest absolute Gasteiger partial charge is 0.321 e. The van der Waals surface area contributed by atoms with Crippen LogP contribution in [0.15, 0.2) is 23.1 Å². The number of nitrogen functional groups attached to an aromatic ring is 1. The Labute approximate surface area is 122 Å². The number of hydrogen-bond donors (Lipinski definition) is 1. The monoisotopic (exact) mass is 316 g/mol. The molecule has 1 saturated carbocycles. The van der Waals surface area contributed by atoms with Crippen LogP contribution in [-0.4, -0.2) is 37.9 Å². The van der Waals surface area contributed by atoms with Crippen LogP contribution in [0.5, 0.6) is 0 Å². The minimum Gasteiger partial charge on any atom is -0.465 e. The van der Waals surface area contributed by atoms with E-state index in [2.05, 4.69) is 0 Å². The van der Waals surface area contributed by atoms with Crippen molar-refractivity contribution in [1.82, 2.24) is 4.31 Å². The van der Waals surface area contributed by atoms with E-state index in [1.807, 2.05) is 0 Å². The summed E-state index contributed by atoms with van der Waals surface area (Å²) in [4.78, 5) is 11.4. The van der Waals surface area contributed by atoms with Crippen LogP contribution in [0.3, 0.4) is 0 Å². The molecule has 21 heavy (non-hydrogen) atoms. The van der Waals surface area contributed by atoms with Crippen LogP contribution in [0.4, 0.5) is 10.1 Å². The number of carbonyl (C=O) groups is 1. The fraction of sp³-hybridized carbons (Fsp3) is 0.462. The number of nitrogens with zero attached hydrogens (tertiary/aromatic N) is 1. The van der Waals surface area contributed by atoms with Crippen molar-refractivity contribution >= 4 is 21.7 Å². The lowest BCUT2D eigenvalue weighted by atomic mass is 10.3. The molecule has 8 heteroatoms. The molecule has 1 aliphatic rings. The zero-order chi connectivity index (χ0) is 15.6. The van der Waals surface area contributed by atoms with Gasteiger partial charge >= 0.3 is 5.97 Å². The van der Waals surface area contributed by atoms with Gasteiger partial charge in [0.15, 0.2) is 0 Å². The van der Waals surface area contributed by atoms with Gasteiger partial charge in [-0.1, -0.05) is 0 Å². The largest absolute Gasteiger partial charge is 0.465 e. The van der Waals surface area contributed by atoms with Crippen LogP contribution in [0.25, 0.3) is 0 Å². The maximum Gasteiger partial charge on any atom is 0.321 e. The minimum absolute atomic E-state index is 0.176. The number of esters is 1. The molecule has 2 rings (SSSR count). The average Bonchev–Trinajstić information content (AvgIpc) is 3.19. The van der Waals surface area contributed by atoms with Gasteiger partial charge in [-0.15, -0.1) is 0 Å². The Kier molecular flexibility index (Phi) is 4.48. The van der Waals surface area contributed by atoms with E-state index in [1.54, 1.807) is 6.92 Å². The molecule has 0 radical (unpaired) electrons. The SMILES string of the molecule is CCOC(=O)CN(C1CC1)S(=O)(=O)c1ccc(F)cc1N. The Balaban J connectivity index is 2.31. The van der Waals surface area contributed by atoms with Gasteiger partial charge in [-0.2, -0.15) is 4.31 Å². The standard InChI is InChI=1S/C13H17FN2O4S/c1-2-20-13(17)8-16(10-4-5-10)21(18,19)12-6-3-9(14)7-11(12)15/h3,6-7,10H,2,4-5,8,15H2,1H3. The first-order valence-corrected chi connectivity index (χ1v) is 8.02. The molecule has 0 spiro atoms. The van der Waals surface area contributed by atoms with Crippen LogP contribution < -0.4 is 5.73 Å². The van der Waals surface area contributed by atoms with E-state index in [9.17, 15) is 17.6 Å². The van der Waals surface area contributed by atoms with Crippen LogP contribution in [0.2, 0.25) is 0 Å². The highest BCUT2D eigenvalue weighted by Crippen LogP contribution is 2.33. The van der Waals surface area contributed by atoms with Gasteiger partial charge in [0.2, 0.25) is 10.0 Å². The quantitative estimate of drug-likeness (QED) is 0.627. The molecule has 6 nitrogen and oxygen atoms in total. The van der Waals surface area contributed by atoms with Crippen molar-refractivity contribution in [3.8, 4) is 0 Å². The first-order valence-electron chi connectivity index (χ1n) is 6.58. The van der Waals surface area contributed by atoms with Crippen LogP contribution >= 0.6 is 0 Å². The lowest BCUT2D eigenvalue weighted by molar-refractivity contribution is -0.143. The van der Waals surface area contributed by atoms with Crippen LogP contribution in [0.1, 0.15) is 19.8 Å². The van der Waals surface area contributed by atoms with Crippen molar-refractivity contribution in [3.63, 3.8) is 0 Å². The molecule has 2 N–H and O–H groups in total. The first kappa shape index (κ1) is 15.7. The van der Waals surface area contributed by atoms with Gasteiger partial charge in [0.1, 0.15) is 17.3 Å². The molecule has 0 amide bonds. The normalized spacial score (nSPS) is 15.2. The maximum absolute atomic E-state index is 13.1. The number of sulfonamides is 1. The third-order valence-electron chi connectivity index (χ3n) is 3.10. The number of halogens is 1. The highest BCUT2D eigenvalue weighted by molar-refractivity contribution is 7.89. The summed E-state index contributed by atoms with van der Waals surface area (Å²) in [7, 11) is -3.96. The van der Waals surface area contributed by atoms with Gasteiger partial charge in [-0.3, -0.25) is 4.79 Å². The van der Waals surface area contributed by atoms with Gasteiger partial charge in [0.05, 0.1) is 12.3 Å². The lowest BCUT2D eigenvalue weighted by Crippen LogP contribution is -2.38. The fourth-order valence-electron chi connectivity index (χ4n) is 1.99. The lowest BCUT2D eigenvalue weighted by Gasteiger charge is -2.21. The Morgan fingerprint density at radius 1 is 1.48 bits per heavy atom. The maximum atomic E-state index is 13.1. The van der Waals surface area contributed by atoms with E-state index < -0.39 is 21.8 Å². The second kappa shape index (κ2) is 5.98. The number of benzene rings is 1. The molecule has 1 aromatic rings. The Hall–Kier alpha value is -1.67. The van der Waals surface area contributed by atoms with Gasteiger partial charge in [0.25, 0.3) is 0 Å². The summed E-state index contributed by atoms with van der Waals surface area (Å²) in [6, 6.07) is 2.85. The van der Waals surface area contributed by atoms with Crippen molar-refractivity contribution in [2.24, 2.45) is 0 Å². The average molecular weight is 316 g/mol. The van der Waals surface area contributed by atoms with Crippen LogP contribution in [0, 0.1) is 5.82 Å². The number of ether oxygens (including phenoxy) is 1. The summed E-state index contributed by atoms with van der Waals surface area (Å²) < 4.78 is 44.1. The molecule has 1 fully saturated rings. The summed E-state index contributed by atoms with van der Waals surface area (Å²) in [5.41, 5.74) is 5.42. The second-order valence-electron chi connectivity index (χ2n) is 4.77. The van der Waals surface area contributed by atoms with E-state index in [0.29, 0.717) is 12.8 Å². The predicted molar refractivity (Wildman–Crippen MR) is 74.4 cm³/mol. The fourth-order valence-corrected chi connectivity index (χ4v) is 3.72. The molecule has 0 unspecified atom stereocenters. The third-order valence-corrected chi connectivity index (χ3v) is 5.08. The predicted octanol–water partition coefficient (Wildman–Crippen LogP) is 1.12. The van der Waals surface area contributed by atoms with E-state index in [-0.39, 0.29) is 29.8 Å². The Bertz CT molecular complexity index is 644. The summed E-state index contributed by atoms with van der Waals surface area (Å²) >= 11 is 0. The molecule has 1 aromatic carbocycles. The van der Waals surface area contributed by atoms with Gasteiger partial charge in [-0.25, -0.2) is 12.8 Å². The highest BCUT2D eigenvalue weighted by atomic mass is 32.2. The van der Waals surface area contributed by atoms with Crippen molar-refractivity contribution in [2.75, 3.05) is 18.9 Å². The first-order chi connectivity index (χ1) is 9.86. The number of carbonyl (C=O) groups excluding carboxylic acids is 1. The van der Waals surface area contributed by atoms with Gasteiger partial charge in [-0.05, 0) is 38.0 Å². The molecule has 0 aliphatic heterocycles. The minimum atomic E-state index is -3.96. The molecule has 0 heterocycles. The Morgan fingerprint density at radius 3 is 2.67 bits per heavy atom. The third kappa shape index (κ3) is 3.51. The number of hydrogen-bond acceptors (Lipinski definition) is 5. The molecule has 0 aromatic heterocycles. The number of anilines is 1. The topological polar surface area (TPSA) is 89.7 Å².